The van der Waals surface area contributed by atoms with Crippen molar-refractivity contribution in [3.05, 3.63) is 41.2 Å². The summed E-state index contributed by atoms with van der Waals surface area (Å²) in [6.07, 6.45) is 2.76. The quantitative estimate of drug-likeness (QED) is 0.393. The van der Waals surface area contributed by atoms with Gasteiger partial charge in [-0.15, -0.1) is 0 Å². The number of ketones is 1. The summed E-state index contributed by atoms with van der Waals surface area (Å²) in [6.45, 7) is -0.339. The number of ether oxygens (including phenoxy) is 3. The van der Waals surface area contributed by atoms with Gasteiger partial charge in [-0.25, -0.2) is 4.79 Å². The Labute approximate surface area is 121 Å². The number of hydrogen-bond acceptors (Lipinski definition) is 6. The lowest BCUT2D eigenvalue weighted by Crippen LogP contribution is -2.04. The number of aliphatic hydroxyl groups is 1. The van der Waals surface area contributed by atoms with E-state index in [0.717, 1.165) is 0 Å². The van der Waals surface area contributed by atoms with Crippen LogP contribution in [0, 0.1) is 0 Å². The Morgan fingerprint density at radius 3 is 2.62 bits per heavy atom. The molecular weight excluding hydrogens is 276 g/mol. The molecule has 1 aromatic rings. The number of hydrogen-bond donors (Lipinski definition) is 1. The molecule has 21 heavy (non-hydrogen) atoms. The summed E-state index contributed by atoms with van der Waals surface area (Å²) < 4.78 is 14.8. The molecule has 0 aromatic heterocycles. The van der Waals surface area contributed by atoms with Gasteiger partial charge in [-0.1, -0.05) is 0 Å². The second-order valence-electron chi connectivity index (χ2n) is 4.20. The van der Waals surface area contributed by atoms with Crippen molar-refractivity contribution in [2.75, 3.05) is 20.8 Å². The van der Waals surface area contributed by atoms with Crippen molar-refractivity contribution >= 4 is 17.8 Å². The predicted molar refractivity (Wildman–Crippen MR) is 74.2 cm³/mol. The highest BCUT2D eigenvalue weighted by atomic mass is 16.5. The molecule has 0 bridgehead atoms. The maximum absolute atomic E-state index is 11.4. The summed E-state index contributed by atoms with van der Waals surface area (Å²) in [4.78, 5) is 22.7. The summed E-state index contributed by atoms with van der Waals surface area (Å²) in [5, 5.41) is 9.84. The van der Waals surface area contributed by atoms with E-state index in [4.69, 9.17) is 9.47 Å². The summed E-state index contributed by atoms with van der Waals surface area (Å²) in [7, 11) is 3.04. The first-order chi connectivity index (χ1) is 10.1. The third kappa shape index (κ3) is 3.05. The van der Waals surface area contributed by atoms with E-state index in [1.54, 1.807) is 18.2 Å². The second kappa shape index (κ2) is 6.13. The summed E-state index contributed by atoms with van der Waals surface area (Å²) in [5.41, 5.74) is 0.288. The Bertz CT molecular complexity index is 624. The fraction of sp³-hybridized carbons (Fsp3) is 0.200. The molecule has 1 aromatic carbocycles. The highest BCUT2D eigenvalue weighted by Gasteiger charge is 2.31. The number of benzene rings is 1. The van der Waals surface area contributed by atoms with Gasteiger partial charge in [-0.2, -0.15) is 0 Å². The number of rotatable bonds is 4. The monoisotopic (exact) mass is 290 g/mol. The zero-order valence-corrected chi connectivity index (χ0v) is 11.6. The van der Waals surface area contributed by atoms with Crippen LogP contribution in [0.5, 0.6) is 11.5 Å². The third-order valence-electron chi connectivity index (χ3n) is 2.93. The van der Waals surface area contributed by atoms with E-state index in [9.17, 15) is 14.7 Å². The Kier molecular flexibility index (Phi) is 4.27. The third-order valence-corrected chi connectivity index (χ3v) is 2.93. The number of methoxy groups -OCH3 is 2. The van der Waals surface area contributed by atoms with Crippen molar-refractivity contribution in [3.63, 3.8) is 0 Å². The molecule has 0 aliphatic carbocycles. The minimum atomic E-state index is -0.820. The van der Waals surface area contributed by atoms with Gasteiger partial charge in [0.2, 0.25) is 5.78 Å². The van der Waals surface area contributed by atoms with Gasteiger partial charge >= 0.3 is 5.97 Å². The maximum Gasteiger partial charge on any atom is 0.346 e. The SMILES string of the molecule is COc1ccc(OC)c(/C=C/C(O)=C2C(=O)COC2=O)c1. The van der Waals surface area contributed by atoms with Gasteiger partial charge in [-0.3, -0.25) is 4.79 Å². The number of carbonyl (C=O) groups excluding carboxylic acids is 2. The van der Waals surface area contributed by atoms with Crippen LogP contribution < -0.4 is 9.47 Å². The molecule has 6 nitrogen and oxygen atoms in total. The molecule has 1 fully saturated rings. The van der Waals surface area contributed by atoms with Crippen LogP contribution in [0.2, 0.25) is 0 Å². The van der Waals surface area contributed by atoms with Gasteiger partial charge in [0.15, 0.2) is 6.61 Å². The minimum absolute atomic E-state index is 0.339. The normalized spacial score (nSPS) is 17.0. The van der Waals surface area contributed by atoms with E-state index >= 15 is 0 Å². The van der Waals surface area contributed by atoms with Gasteiger partial charge in [0.05, 0.1) is 14.2 Å². The molecule has 0 radical (unpaired) electrons. The van der Waals surface area contributed by atoms with E-state index in [-0.39, 0.29) is 12.2 Å². The summed E-state index contributed by atoms with van der Waals surface area (Å²) in [5.74, 6) is -0.629. The number of carbonyl (C=O) groups is 2. The Hall–Kier alpha value is -2.76. The Morgan fingerprint density at radius 2 is 2.05 bits per heavy atom. The van der Waals surface area contributed by atoms with Gasteiger partial charge in [0.25, 0.3) is 0 Å². The molecule has 1 aliphatic rings. The molecule has 110 valence electrons. The van der Waals surface area contributed by atoms with Crippen molar-refractivity contribution in [3.8, 4) is 11.5 Å². The van der Waals surface area contributed by atoms with Gasteiger partial charge in [0.1, 0.15) is 22.8 Å². The molecule has 1 heterocycles. The maximum atomic E-state index is 11.4. The van der Waals surface area contributed by atoms with E-state index in [1.807, 2.05) is 0 Å². The first-order valence-corrected chi connectivity index (χ1v) is 6.10. The lowest BCUT2D eigenvalue weighted by atomic mass is 10.1. The number of aliphatic hydroxyl groups excluding tert-OH is 1. The van der Waals surface area contributed by atoms with Crippen LogP contribution in [0.15, 0.2) is 35.6 Å². The van der Waals surface area contributed by atoms with Crippen LogP contribution in [0.25, 0.3) is 6.08 Å². The van der Waals surface area contributed by atoms with E-state index in [2.05, 4.69) is 4.74 Å². The van der Waals surface area contributed by atoms with Crippen LogP contribution >= 0.6 is 0 Å². The highest BCUT2D eigenvalue weighted by molar-refractivity contribution is 6.22. The predicted octanol–water partition coefficient (Wildman–Crippen LogP) is 1.66. The van der Waals surface area contributed by atoms with Crippen molar-refractivity contribution in [1.82, 2.24) is 0 Å². The number of allylic oxidation sites excluding steroid dienone is 1. The molecule has 0 amide bonds. The highest BCUT2D eigenvalue weighted by Crippen LogP contribution is 2.26. The Balaban J connectivity index is 2.35. The molecule has 1 N–H and O–H groups in total. The summed E-state index contributed by atoms with van der Waals surface area (Å²) in [6, 6.07) is 5.13. The van der Waals surface area contributed by atoms with Crippen LogP contribution in [-0.2, 0) is 14.3 Å². The van der Waals surface area contributed by atoms with Crippen molar-refractivity contribution < 1.29 is 28.9 Å². The van der Waals surface area contributed by atoms with Gasteiger partial charge in [0, 0.05) is 5.56 Å². The van der Waals surface area contributed by atoms with E-state index in [0.29, 0.717) is 17.1 Å². The van der Waals surface area contributed by atoms with Crippen LogP contribution in [0.3, 0.4) is 0 Å². The average Bonchev–Trinajstić information content (AvgIpc) is 2.83. The van der Waals surface area contributed by atoms with Crippen LogP contribution in [0.1, 0.15) is 5.56 Å². The molecule has 2 rings (SSSR count). The molecule has 1 saturated heterocycles. The molecule has 1 aliphatic heterocycles. The topological polar surface area (TPSA) is 82.1 Å². The molecule has 0 unspecified atom stereocenters. The first kappa shape index (κ1) is 14.6. The van der Waals surface area contributed by atoms with E-state index < -0.39 is 17.5 Å². The van der Waals surface area contributed by atoms with Crippen molar-refractivity contribution in [1.29, 1.82) is 0 Å². The zero-order chi connectivity index (χ0) is 15.4. The van der Waals surface area contributed by atoms with Crippen molar-refractivity contribution in [2.24, 2.45) is 0 Å². The molecule has 0 saturated carbocycles. The zero-order valence-electron chi connectivity index (χ0n) is 11.6. The Morgan fingerprint density at radius 1 is 1.29 bits per heavy atom. The molecule has 6 heteroatoms. The van der Waals surface area contributed by atoms with Gasteiger partial charge in [-0.05, 0) is 30.4 Å². The molecule has 0 spiro atoms. The van der Waals surface area contributed by atoms with Crippen LogP contribution in [-0.4, -0.2) is 37.7 Å². The minimum Gasteiger partial charge on any atom is -0.507 e. The molecule has 0 atom stereocenters. The first-order valence-electron chi connectivity index (χ1n) is 6.10. The lowest BCUT2D eigenvalue weighted by Gasteiger charge is -2.07. The van der Waals surface area contributed by atoms with Crippen LogP contribution in [0.4, 0.5) is 0 Å². The summed E-state index contributed by atoms with van der Waals surface area (Å²) >= 11 is 0. The lowest BCUT2D eigenvalue weighted by molar-refractivity contribution is -0.135. The standard InChI is InChI=1S/C15H14O6/c1-19-10-4-6-13(20-2)9(7-10)3-5-11(16)14-12(17)8-21-15(14)18/h3-7,16H,8H2,1-2H3/b5-3+,14-11?. The number of Topliss-reactive ketones (excluding diaryl/α,β-unsaturated/α-hetero) is 1. The van der Waals surface area contributed by atoms with E-state index in [1.165, 1.54) is 26.4 Å². The van der Waals surface area contributed by atoms with Gasteiger partial charge < -0.3 is 19.3 Å². The largest absolute Gasteiger partial charge is 0.507 e. The second-order valence-corrected chi connectivity index (χ2v) is 4.20. The number of esters is 1. The van der Waals surface area contributed by atoms with Crippen molar-refractivity contribution in [2.45, 2.75) is 0 Å². The smallest absolute Gasteiger partial charge is 0.346 e. The molecular formula is C15H14O6. The fourth-order valence-corrected chi connectivity index (χ4v) is 1.86. The average molecular weight is 290 g/mol. The fourth-order valence-electron chi connectivity index (χ4n) is 1.86. The number of cyclic esters (lactones) is 1.